The van der Waals surface area contributed by atoms with E-state index in [-0.39, 0.29) is 12.6 Å². The lowest BCUT2D eigenvalue weighted by atomic mass is 10.2. The molecule has 1 aromatic carbocycles. The van der Waals surface area contributed by atoms with Gasteiger partial charge in [0.2, 0.25) is 0 Å². The minimum absolute atomic E-state index is 0.215. The molecule has 15 heavy (non-hydrogen) atoms. The second-order valence-electron chi connectivity index (χ2n) is 3.25. The first kappa shape index (κ1) is 12.0. The highest BCUT2D eigenvalue weighted by Crippen LogP contribution is 2.11. The molecule has 1 rings (SSSR count). The normalized spacial score (nSPS) is 12.2. The van der Waals surface area contributed by atoms with Crippen LogP contribution in [0.25, 0.3) is 0 Å². The third kappa shape index (κ3) is 3.90. The Hall–Kier alpha value is -1.06. The van der Waals surface area contributed by atoms with E-state index in [1.54, 1.807) is 12.1 Å². The predicted molar refractivity (Wildman–Crippen MR) is 59.5 cm³/mol. The minimum Gasteiger partial charge on any atom is -0.460 e. The standard InChI is InChI=1S/C11H14ClNO2/c1-2-10(13)11(14)15-7-8-4-3-5-9(12)6-8/h3-6,10H,2,7,13H2,1H3. The Morgan fingerprint density at radius 1 is 1.60 bits per heavy atom. The summed E-state index contributed by atoms with van der Waals surface area (Å²) in [4.78, 5) is 11.3. The number of carbonyl (C=O) groups is 1. The Bertz CT molecular complexity index is 341. The lowest BCUT2D eigenvalue weighted by Crippen LogP contribution is -2.31. The van der Waals surface area contributed by atoms with Gasteiger partial charge in [0.15, 0.2) is 0 Å². The summed E-state index contributed by atoms with van der Waals surface area (Å²) in [5.74, 6) is -0.377. The second kappa shape index (κ2) is 5.73. The highest BCUT2D eigenvalue weighted by atomic mass is 35.5. The molecule has 3 nitrogen and oxygen atoms in total. The number of esters is 1. The fraction of sp³-hybridized carbons (Fsp3) is 0.364. The summed E-state index contributed by atoms with van der Waals surface area (Å²) in [5, 5.41) is 0.628. The van der Waals surface area contributed by atoms with Gasteiger partial charge in [0.1, 0.15) is 12.6 Å². The average molecular weight is 228 g/mol. The molecule has 0 amide bonds. The maximum Gasteiger partial charge on any atom is 0.323 e. The molecule has 0 saturated heterocycles. The molecule has 4 heteroatoms. The second-order valence-corrected chi connectivity index (χ2v) is 3.69. The zero-order valence-corrected chi connectivity index (χ0v) is 9.33. The quantitative estimate of drug-likeness (QED) is 0.802. The van der Waals surface area contributed by atoms with Crippen LogP contribution in [0.3, 0.4) is 0 Å². The molecule has 1 atom stereocenters. The molecule has 0 aliphatic rings. The van der Waals surface area contributed by atoms with Crippen LogP contribution in [0.4, 0.5) is 0 Å². The molecule has 82 valence electrons. The van der Waals surface area contributed by atoms with E-state index in [4.69, 9.17) is 22.1 Å². The fourth-order valence-corrected chi connectivity index (χ4v) is 1.27. The molecule has 0 heterocycles. The lowest BCUT2D eigenvalue weighted by Gasteiger charge is -2.09. The van der Waals surface area contributed by atoms with Gasteiger partial charge in [0, 0.05) is 5.02 Å². The van der Waals surface area contributed by atoms with Crippen molar-refractivity contribution in [3.05, 3.63) is 34.9 Å². The molecule has 0 fully saturated rings. The van der Waals surface area contributed by atoms with Gasteiger partial charge in [0.05, 0.1) is 0 Å². The number of benzene rings is 1. The number of hydrogen-bond acceptors (Lipinski definition) is 3. The Balaban J connectivity index is 2.47. The van der Waals surface area contributed by atoms with Gasteiger partial charge in [-0.05, 0) is 24.1 Å². The van der Waals surface area contributed by atoms with Crippen LogP contribution in [-0.2, 0) is 16.1 Å². The van der Waals surface area contributed by atoms with Crippen molar-refractivity contribution in [2.45, 2.75) is 26.0 Å². The van der Waals surface area contributed by atoms with Gasteiger partial charge in [0.25, 0.3) is 0 Å². The molecule has 2 N–H and O–H groups in total. The molecule has 0 spiro atoms. The van der Waals surface area contributed by atoms with Crippen LogP contribution in [-0.4, -0.2) is 12.0 Å². The minimum atomic E-state index is -0.538. The average Bonchev–Trinajstić information content (AvgIpc) is 2.25. The number of ether oxygens (including phenoxy) is 1. The summed E-state index contributed by atoms with van der Waals surface area (Å²) in [6.45, 7) is 2.05. The smallest absolute Gasteiger partial charge is 0.323 e. The van der Waals surface area contributed by atoms with Gasteiger partial charge < -0.3 is 10.5 Å². The molecule has 0 bridgehead atoms. The third-order valence-corrected chi connectivity index (χ3v) is 2.25. The first-order valence-electron chi connectivity index (χ1n) is 4.80. The van der Waals surface area contributed by atoms with Crippen molar-refractivity contribution >= 4 is 17.6 Å². The molecule has 0 radical (unpaired) electrons. The van der Waals surface area contributed by atoms with Gasteiger partial charge in [-0.3, -0.25) is 4.79 Å². The molecular weight excluding hydrogens is 214 g/mol. The highest BCUT2D eigenvalue weighted by Gasteiger charge is 2.12. The maximum absolute atomic E-state index is 11.3. The van der Waals surface area contributed by atoms with Crippen molar-refractivity contribution in [3.63, 3.8) is 0 Å². The third-order valence-electron chi connectivity index (χ3n) is 2.01. The molecular formula is C11H14ClNO2. The monoisotopic (exact) mass is 227 g/mol. The van der Waals surface area contributed by atoms with Crippen molar-refractivity contribution in [1.29, 1.82) is 0 Å². The van der Waals surface area contributed by atoms with Crippen LogP contribution < -0.4 is 5.73 Å². The van der Waals surface area contributed by atoms with Gasteiger partial charge in [-0.25, -0.2) is 0 Å². The molecule has 1 unspecified atom stereocenters. The van der Waals surface area contributed by atoms with Crippen molar-refractivity contribution in [2.75, 3.05) is 0 Å². The number of nitrogens with two attached hydrogens (primary N) is 1. The van der Waals surface area contributed by atoms with E-state index in [1.165, 1.54) is 0 Å². The maximum atomic E-state index is 11.3. The Morgan fingerprint density at radius 2 is 2.33 bits per heavy atom. The Labute approximate surface area is 94.2 Å². The van der Waals surface area contributed by atoms with Gasteiger partial charge in [-0.15, -0.1) is 0 Å². The van der Waals surface area contributed by atoms with E-state index in [1.807, 2.05) is 19.1 Å². The van der Waals surface area contributed by atoms with Crippen LogP contribution in [0.5, 0.6) is 0 Å². The zero-order chi connectivity index (χ0) is 11.3. The van der Waals surface area contributed by atoms with E-state index in [0.29, 0.717) is 11.4 Å². The van der Waals surface area contributed by atoms with E-state index in [0.717, 1.165) is 5.56 Å². The highest BCUT2D eigenvalue weighted by molar-refractivity contribution is 6.30. The molecule has 1 aromatic rings. The van der Waals surface area contributed by atoms with Gasteiger partial charge >= 0.3 is 5.97 Å². The Morgan fingerprint density at radius 3 is 2.93 bits per heavy atom. The largest absolute Gasteiger partial charge is 0.460 e. The summed E-state index contributed by atoms with van der Waals surface area (Å²) >= 11 is 5.78. The zero-order valence-electron chi connectivity index (χ0n) is 8.57. The fourth-order valence-electron chi connectivity index (χ4n) is 1.05. The SMILES string of the molecule is CCC(N)C(=O)OCc1cccc(Cl)c1. The van der Waals surface area contributed by atoms with Crippen LogP contribution in [0.2, 0.25) is 5.02 Å². The molecule has 0 aromatic heterocycles. The van der Waals surface area contributed by atoms with Gasteiger partial charge in [-0.2, -0.15) is 0 Å². The number of carbonyl (C=O) groups excluding carboxylic acids is 1. The number of rotatable bonds is 4. The predicted octanol–water partition coefficient (Wildman–Crippen LogP) is 2.12. The summed E-state index contributed by atoms with van der Waals surface area (Å²) in [5.41, 5.74) is 6.37. The summed E-state index contributed by atoms with van der Waals surface area (Å²) in [6.07, 6.45) is 0.578. The van der Waals surface area contributed by atoms with Crippen molar-refractivity contribution < 1.29 is 9.53 Å². The first-order valence-corrected chi connectivity index (χ1v) is 5.18. The molecule has 0 aliphatic heterocycles. The van der Waals surface area contributed by atoms with Crippen molar-refractivity contribution in [1.82, 2.24) is 0 Å². The van der Waals surface area contributed by atoms with Crippen LogP contribution in [0.15, 0.2) is 24.3 Å². The van der Waals surface area contributed by atoms with Gasteiger partial charge in [-0.1, -0.05) is 30.7 Å². The van der Waals surface area contributed by atoms with E-state index < -0.39 is 6.04 Å². The van der Waals surface area contributed by atoms with Crippen molar-refractivity contribution in [3.8, 4) is 0 Å². The number of hydrogen-bond donors (Lipinski definition) is 1. The van der Waals surface area contributed by atoms with E-state index in [2.05, 4.69) is 0 Å². The summed E-state index contributed by atoms with van der Waals surface area (Å²) in [7, 11) is 0. The lowest BCUT2D eigenvalue weighted by molar-refractivity contribution is -0.146. The van der Waals surface area contributed by atoms with Crippen LogP contribution >= 0.6 is 11.6 Å². The topological polar surface area (TPSA) is 52.3 Å². The van der Waals surface area contributed by atoms with Crippen LogP contribution in [0, 0.1) is 0 Å². The number of halogens is 1. The molecule has 0 saturated carbocycles. The summed E-state index contributed by atoms with van der Waals surface area (Å²) < 4.78 is 5.01. The summed E-state index contributed by atoms with van der Waals surface area (Å²) in [6, 6.07) is 6.64. The van der Waals surface area contributed by atoms with E-state index >= 15 is 0 Å². The van der Waals surface area contributed by atoms with E-state index in [9.17, 15) is 4.79 Å². The van der Waals surface area contributed by atoms with Crippen LogP contribution in [0.1, 0.15) is 18.9 Å². The Kier molecular flexibility index (Phi) is 4.59. The molecule has 0 aliphatic carbocycles. The van der Waals surface area contributed by atoms with Crippen molar-refractivity contribution in [2.24, 2.45) is 5.73 Å². The first-order chi connectivity index (χ1) is 7.13.